The third kappa shape index (κ3) is 2.71. The highest BCUT2D eigenvalue weighted by atomic mass is 19.1. The van der Waals surface area contributed by atoms with E-state index in [9.17, 15) is 9.18 Å². The Labute approximate surface area is 158 Å². The minimum atomic E-state index is -0.590. The number of nitrogens with two attached hydrogens (primary N) is 1. The molecule has 0 radical (unpaired) electrons. The van der Waals surface area contributed by atoms with Gasteiger partial charge in [0.05, 0.1) is 18.6 Å². The Morgan fingerprint density at radius 3 is 2.96 bits per heavy atom. The number of fused-ring (bicyclic) bond motifs is 1. The van der Waals surface area contributed by atoms with Crippen LogP contribution in [0.5, 0.6) is 5.88 Å². The predicted octanol–water partition coefficient (Wildman–Crippen LogP) is 0.766. The van der Waals surface area contributed by atoms with Crippen molar-refractivity contribution in [2.24, 2.45) is 0 Å². The van der Waals surface area contributed by atoms with Crippen LogP contribution in [0.15, 0.2) is 24.9 Å². The normalized spacial score (nSPS) is 23.2. The summed E-state index contributed by atoms with van der Waals surface area (Å²) in [7, 11) is 0. The van der Waals surface area contributed by atoms with Crippen molar-refractivity contribution < 1.29 is 13.9 Å². The molecule has 3 aromatic heterocycles. The van der Waals surface area contributed by atoms with Crippen LogP contribution in [0.3, 0.4) is 0 Å². The van der Waals surface area contributed by atoms with Crippen molar-refractivity contribution in [3.8, 4) is 5.88 Å². The number of nitrogens with zero attached hydrogens (tertiary/aromatic N) is 5. The van der Waals surface area contributed by atoms with Gasteiger partial charge in [-0.15, -0.1) is 5.10 Å². The van der Waals surface area contributed by atoms with E-state index < -0.39 is 11.7 Å². The molecule has 4 N–H and O–H groups in total. The lowest BCUT2D eigenvalue weighted by molar-refractivity contribution is -0.0205. The van der Waals surface area contributed by atoms with Gasteiger partial charge in [0.25, 0.3) is 5.91 Å². The van der Waals surface area contributed by atoms with E-state index in [1.807, 2.05) is 0 Å². The molecule has 0 atom stereocenters. The molecular formula is C17H17FN8O2. The van der Waals surface area contributed by atoms with E-state index in [-0.39, 0.29) is 34.6 Å². The van der Waals surface area contributed by atoms with Crippen LogP contribution in [0.25, 0.3) is 5.65 Å². The molecule has 0 bridgehead atoms. The quantitative estimate of drug-likeness (QED) is 0.601. The summed E-state index contributed by atoms with van der Waals surface area (Å²) in [5, 5.41) is 10.0. The number of nitrogen functional groups attached to an aromatic ring is 1. The molecule has 28 heavy (non-hydrogen) atoms. The maximum atomic E-state index is 13.3. The summed E-state index contributed by atoms with van der Waals surface area (Å²) >= 11 is 0. The summed E-state index contributed by atoms with van der Waals surface area (Å²) in [4.78, 5) is 24.8. The number of ether oxygens (including phenoxy) is 1. The third-order valence-corrected chi connectivity index (χ3v) is 5.24. The van der Waals surface area contributed by atoms with Crippen LogP contribution in [-0.4, -0.2) is 48.7 Å². The van der Waals surface area contributed by atoms with Gasteiger partial charge in [-0.1, -0.05) is 0 Å². The molecule has 1 amide bonds. The number of hydrogen-bond acceptors (Lipinski definition) is 8. The van der Waals surface area contributed by atoms with Crippen LogP contribution in [0.1, 0.15) is 29.6 Å². The van der Waals surface area contributed by atoms with Gasteiger partial charge in [-0.3, -0.25) is 4.79 Å². The molecule has 1 aliphatic carbocycles. The summed E-state index contributed by atoms with van der Waals surface area (Å²) in [6, 6.07) is 0. The molecule has 2 fully saturated rings. The summed E-state index contributed by atoms with van der Waals surface area (Å²) in [5.41, 5.74) is 6.55. The van der Waals surface area contributed by atoms with Gasteiger partial charge >= 0.3 is 0 Å². The fourth-order valence-corrected chi connectivity index (χ4v) is 3.71. The van der Waals surface area contributed by atoms with Gasteiger partial charge in [0.15, 0.2) is 17.3 Å². The van der Waals surface area contributed by atoms with E-state index in [1.165, 1.54) is 12.5 Å². The number of nitrogens with one attached hydrogen (secondary N) is 2. The molecule has 4 heterocycles. The highest BCUT2D eigenvalue weighted by Crippen LogP contribution is 2.42. The molecule has 144 valence electrons. The van der Waals surface area contributed by atoms with Gasteiger partial charge in [-0.2, -0.15) is 4.98 Å². The Balaban J connectivity index is 1.36. The number of carbonyl (C=O) groups is 1. The van der Waals surface area contributed by atoms with E-state index >= 15 is 0 Å². The van der Waals surface area contributed by atoms with E-state index in [0.717, 1.165) is 42.7 Å². The second kappa shape index (κ2) is 6.09. The zero-order valence-electron chi connectivity index (χ0n) is 14.7. The molecule has 1 saturated heterocycles. The van der Waals surface area contributed by atoms with Gasteiger partial charge in [0.1, 0.15) is 23.7 Å². The smallest absolute Gasteiger partial charge is 0.263 e. The largest absolute Gasteiger partial charge is 0.473 e. The second-order valence-electron chi connectivity index (χ2n) is 7.10. The van der Waals surface area contributed by atoms with Gasteiger partial charge in [-0.05, 0) is 13.0 Å². The lowest BCUT2D eigenvalue weighted by Gasteiger charge is -2.54. The Hall–Kier alpha value is -3.34. The molecule has 1 saturated carbocycles. The van der Waals surface area contributed by atoms with Crippen LogP contribution in [0.4, 0.5) is 15.9 Å². The Bertz CT molecular complexity index is 1070. The van der Waals surface area contributed by atoms with Crippen molar-refractivity contribution >= 4 is 23.1 Å². The summed E-state index contributed by atoms with van der Waals surface area (Å²) in [5.74, 6) is -0.922. The first-order chi connectivity index (χ1) is 13.5. The number of aromatic nitrogens is 5. The Morgan fingerprint density at radius 1 is 1.39 bits per heavy atom. The van der Waals surface area contributed by atoms with Crippen LogP contribution < -0.4 is 21.1 Å². The predicted molar refractivity (Wildman–Crippen MR) is 96.3 cm³/mol. The first-order valence-electron chi connectivity index (χ1n) is 8.85. The minimum absolute atomic E-state index is 0.0324. The van der Waals surface area contributed by atoms with Crippen molar-refractivity contribution in [1.82, 2.24) is 29.9 Å². The van der Waals surface area contributed by atoms with Gasteiger partial charge in [0, 0.05) is 18.4 Å². The molecule has 0 aromatic carbocycles. The van der Waals surface area contributed by atoms with Crippen molar-refractivity contribution in [2.45, 2.75) is 30.9 Å². The molecule has 1 aliphatic heterocycles. The maximum Gasteiger partial charge on any atom is 0.263 e. The van der Waals surface area contributed by atoms with Crippen LogP contribution >= 0.6 is 0 Å². The molecule has 11 heteroatoms. The summed E-state index contributed by atoms with van der Waals surface area (Å²) in [6.07, 6.45) is 7.89. The van der Waals surface area contributed by atoms with E-state index in [0.29, 0.717) is 5.69 Å². The molecule has 10 nitrogen and oxygen atoms in total. The average molecular weight is 384 g/mol. The Kier molecular flexibility index (Phi) is 3.66. The highest BCUT2D eigenvalue weighted by Gasteiger charge is 2.49. The standard InChI is InChI=1S/C17H17FN8O2/c18-9-5-21-14-12(13(19)25-26(14)7-9)15(27)24-11-6-20-8-22-16(11)28-10-3-17(4-10)1-2-23-17/h5-8,10,23H,1-4H2,(H2,19,25)(H,24,27)/t10-,17-. The van der Waals surface area contributed by atoms with Crippen molar-refractivity contribution in [2.75, 3.05) is 17.6 Å². The number of anilines is 2. The summed E-state index contributed by atoms with van der Waals surface area (Å²) in [6.45, 7) is 1.04. The van der Waals surface area contributed by atoms with Crippen molar-refractivity contribution in [1.29, 1.82) is 0 Å². The lowest BCUT2D eigenvalue weighted by atomic mass is 9.68. The SMILES string of the molecule is Nc1nn2cc(F)cnc2c1C(=O)Nc1cncnc1O[C@H]1C[C@@]2(CCN2)C1. The topological polar surface area (TPSA) is 132 Å². The van der Waals surface area contributed by atoms with Crippen LogP contribution in [-0.2, 0) is 0 Å². The van der Waals surface area contributed by atoms with Gasteiger partial charge < -0.3 is 21.1 Å². The van der Waals surface area contributed by atoms with Crippen molar-refractivity contribution in [3.05, 3.63) is 36.3 Å². The fraction of sp³-hybridized carbons (Fsp3) is 0.353. The maximum absolute atomic E-state index is 13.3. The molecular weight excluding hydrogens is 367 g/mol. The molecule has 1 spiro atoms. The first kappa shape index (κ1) is 16.8. The number of carbonyl (C=O) groups excluding carboxylic acids is 1. The summed E-state index contributed by atoms with van der Waals surface area (Å²) < 4.78 is 20.4. The van der Waals surface area contributed by atoms with E-state index in [4.69, 9.17) is 10.5 Å². The highest BCUT2D eigenvalue weighted by molar-refractivity contribution is 6.11. The van der Waals surface area contributed by atoms with Gasteiger partial charge in [-0.25, -0.2) is 18.9 Å². The number of rotatable bonds is 4. The molecule has 2 aliphatic rings. The third-order valence-electron chi connectivity index (χ3n) is 5.24. The zero-order valence-corrected chi connectivity index (χ0v) is 14.7. The Morgan fingerprint density at radius 2 is 2.21 bits per heavy atom. The second-order valence-corrected chi connectivity index (χ2v) is 7.10. The monoisotopic (exact) mass is 384 g/mol. The number of halogens is 1. The fourth-order valence-electron chi connectivity index (χ4n) is 3.71. The van der Waals surface area contributed by atoms with E-state index in [1.54, 1.807) is 0 Å². The van der Waals surface area contributed by atoms with Gasteiger partial charge in [0.2, 0.25) is 5.88 Å². The zero-order chi connectivity index (χ0) is 19.3. The molecule has 3 aromatic rings. The van der Waals surface area contributed by atoms with Crippen molar-refractivity contribution in [3.63, 3.8) is 0 Å². The number of hydrogen-bond donors (Lipinski definition) is 3. The van der Waals surface area contributed by atoms with E-state index in [2.05, 4.69) is 30.7 Å². The molecule has 0 unspecified atom stereocenters. The minimum Gasteiger partial charge on any atom is -0.473 e. The van der Waals surface area contributed by atoms with Crippen LogP contribution in [0.2, 0.25) is 0 Å². The molecule has 5 rings (SSSR count). The van der Waals surface area contributed by atoms with Crippen LogP contribution in [0, 0.1) is 5.82 Å². The first-order valence-corrected chi connectivity index (χ1v) is 8.85. The number of amides is 1. The average Bonchev–Trinajstić information content (AvgIpc) is 2.92. The lowest BCUT2D eigenvalue weighted by Crippen LogP contribution is -2.67.